The van der Waals surface area contributed by atoms with Gasteiger partial charge in [-0.25, -0.2) is 4.79 Å². The summed E-state index contributed by atoms with van der Waals surface area (Å²) in [5.74, 6) is 0. The summed E-state index contributed by atoms with van der Waals surface area (Å²) in [6.07, 6.45) is -0.744. The number of hydrogen-bond donors (Lipinski definition) is 3. The van der Waals surface area contributed by atoms with Gasteiger partial charge in [0.1, 0.15) is 0 Å². The largest absolute Gasteiger partial charge is 0.387 e. The highest BCUT2D eigenvalue weighted by Crippen LogP contribution is 2.18. The van der Waals surface area contributed by atoms with Crippen molar-refractivity contribution in [3.05, 3.63) is 59.2 Å². The van der Waals surface area contributed by atoms with E-state index in [4.69, 9.17) is 0 Å². The summed E-state index contributed by atoms with van der Waals surface area (Å²) < 4.78 is 0. The highest BCUT2D eigenvalue weighted by Gasteiger charge is 2.10. The quantitative estimate of drug-likeness (QED) is 0.790. The molecule has 0 aliphatic heterocycles. The summed E-state index contributed by atoms with van der Waals surface area (Å²) in [5, 5.41) is 15.7. The monoisotopic (exact) mass is 327 g/mol. The van der Waals surface area contributed by atoms with Crippen LogP contribution in [0.1, 0.15) is 22.8 Å². The van der Waals surface area contributed by atoms with Gasteiger partial charge in [0.2, 0.25) is 0 Å². The van der Waals surface area contributed by atoms with Crippen LogP contribution in [0.15, 0.2) is 42.5 Å². The minimum absolute atomic E-state index is 0.151. The third-order valence-electron chi connectivity index (χ3n) is 4.02. The molecule has 2 amide bonds. The van der Waals surface area contributed by atoms with Gasteiger partial charge in [0.15, 0.2) is 0 Å². The average molecular weight is 327 g/mol. The van der Waals surface area contributed by atoms with Gasteiger partial charge in [-0.05, 0) is 54.8 Å². The lowest BCUT2D eigenvalue weighted by Crippen LogP contribution is -2.32. The van der Waals surface area contributed by atoms with Crippen LogP contribution < -0.4 is 15.5 Å². The van der Waals surface area contributed by atoms with Crippen LogP contribution in [0.2, 0.25) is 0 Å². The van der Waals surface area contributed by atoms with E-state index in [-0.39, 0.29) is 12.6 Å². The van der Waals surface area contributed by atoms with Gasteiger partial charge in [-0.2, -0.15) is 0 Å². The van der Waals surface area contributed by atoms with Crippen LogP contribution in [0.25, 0.3) is 0 Å². The van der Waals surface area contributed by atoms with Gasteiger partial charge in [-0.3, -0.25) is 0 Å². The lowest BCUT2D eigenvalue weighted by molar-refractivity contribution is 0.175. The highest BCUT2D eigenvalue weighted by atomic mass is 16.3. The molecular weight excluding hydrogens is 302 g/mol. The van der Waals surface area contributed by atoms with Crippen molar-refractivity contribution in [3.8, 4) is 0 Å². The Labute approximate surface area is 143 Å². The number of aliphatic hydroxyl groups excluding tert-OH is 1. The number of amides is 2. The predicted octanol–water partition coefficient (Wildman–Crippen LogP) is 3.22. The second kappa shape index (κ2) is 7.84. The fourth-order valence-corrected chi connectivity index (χ4v) is 2.30. The van der Waals surface area contributed by atoms with Crippen LogP contribution in [0.3, 0.4) is 0 Å². The maximum absolute atomic E-state index is 11.9. The molecule has 2 rings (SSSR count). The number of aliphatic hydroxyl groups is 1. The maximum atomic E-state index is 11.9. The lowest BCUT2D eigenvalue weighted by Gasteiger charge is -2.16. The molecule has 1 atom stereocenters. The molecule has 0 saturated carbocycles. The second-order valence-corrected chi connectivity index (χ2v) is 6.14. The number of urea groups is 1. The molecule has 24 heavy (non-hydrogen) atoms. The first-order chi connectivity index (χ1) is 11.4. The summed E-state index contributed by atoms with van der Waals surface area (Å²) in [6.45, 7) is 4.18. The van der Waals surface area contributed by atoms with Crippen LogP contribution in [-0.4, -0.2) is 31.8 Å². The number of benzene rings is 2. The van der Waals surface area contributed by atoms with E-state index >= 15 is 0 Å². The molecule has 2 aromatic rings. The fraction of sp³-hybridized carbons (Fsp3) is 0.316. The van der Waals surface area contributed by atoms with Gasteiger partial charge in [-0.1, -0.05) is 18.2 Å². The van der Waals surface area contributed by atoms with Crippen LogP contribution >= 0.6 is 0 Å². The molecule has 0 unspecified atom stereocenters. The fourth-order valence-electron chi connectivity index (χ4n) is 2.30. The molecule has 0 aliphatic carbocycles. The van der Waals surface area contributed by atoms with E-state index in [0.717, 1.165) is 22.5 Å². The SMILES string of the molecule is Cc1ccc(NC(=O)NC[C@@H](O)c2ccc(N(C)C)cc2)cc1C. The number of carbonyl (C=O) groups is 1. The molecule has 0 heterocycles. The van der Waals surface area contributed by atoms with Crippen molar-refractivity contribution in [2.75, 3.05) is 30.9 Å². The normalized spacial score (nSPS) is 11.7. The Morgan fingerprint density at radius 2 is 1.75 bits per heavy atom. The lowest BCUT2D eigenvalue weighted by atomic mass is 10.1. The van der Waals surface area contributed by atoms with Crippen LogP contribution in [-0.2, 0) is 0 Å². The summed E-state index contributed by atoms with van der Waals surface area (Å²) in [4.78, 5) is 13.9. The molecule has 3 N–H and O–H groups in total. The number of hydrogen-bond acceptors (Lipinski definition) is 3. The molecule has 0 bridgehead atoms. The standard InChI is InChI=1S/C19H25N3O2/c1-13-5-8-16(11-14(13)2)21-19(24)20-12-18(23)15-6-9-17(10-7-15)22(3)4/h5-11,18,23H,12H2,1-4H3,(H2,20,21,24)/t18-/m1/s1. The van der Waals surface area contributed by atoms with Gasteiger partial charge >= 0.3 is 6.03 Å². The van der Waals surface area contributed by atoms with Gasteiger partial charge in [0.25, 0.3) is 0 Å². The Hall–Kier alpha value is -2.53. The van der Waals surface area contributed by atoms with E-state index in [1.54, 1.807) is 0 Å². The van der Waals surface area contributed by atoms with Crippen molar-refractivity contribution < 1.29 is 9.90 Å². The van der Waals surface area contributed by atoms with Crippen LogP contribution in [0.4, 0.5) is 16.2 Å². The van der Waals surface area contributed by atoms with E-state index in [0.29, 0.717) is 0 Å². The molecule has 5 heteroatoms. The number of nitrogens with one attached hydrogen (secondary N) is 2. The molecule has 0 saturated heterocycles. The van der Waals surface area contributed by atoms with Crippen molar-refractivity contribution in [2.24, 2.45) is 0 Å². The van der Waals surface area contributed by atoms with E-state index in [9.17, 15) is 9.90 Å². The molecule has 128 valence electrons. The van der Waals surface area contributed by atoms with Gasteiger partial charge in [0.05, 0.1) is 6.10 Å². The Morgan fingerprint density at radius 1 is 1.08 bits per heavy atom. The van der Waals surface area contributed by atoms with Gasteiger partial charge in [0, 0.05) is 32.0 Å². The Kier molecular flexibility index (Phi) is 5.82. The first-order valence-electron chi connectivity index (χ1n) is 7.94. The average Bonchev–Trinajstić information content (AvgIpc) is 2.56. The summed E-state index contributed by atoms with van der Waals surface area (Å²) in [5.41, 5.74) is 4.87. The summed E-state index contributed by atoms with van der Waals surface area (Å²) in [6, 6.07) is 13.0. The Morgan fingerprint density at radius 3 is 2.33 bits per heavy atom. The highest BCUT2D eigenvalue weighted by molar-refractivity contribution is 5.89. The zero-order valence-electron chi connectivity index (χ0n) is 14.6. The Balaban J connectivity index is 1.87. The molecule has 2 aromatic carbocycles. The molecule has 0 spiro atoms. The number of aryl methyl sites for hydroxylation is 2. The van der Waals surface area contributed by atoms with Crippen molar-refractivity contribution in [3.63, 3.8) is 0 Å². The third-order valence-corrected chi connectivity index (χ3v) is 4.02. The van der Waals surface area contributed by atoms with Crippen LogP contribution in [0, 0.1) is 13.8 Å². The van der Waals surface area contributed by atoms with Crippen molar-refractivity contribution >= 4 is 17.4 Å². The molecule has 0 radical (unpaired) electrons. The zero-order chi connectivity index (χ0) is 17.7. The topological polar surface area (TPSA) is 64.6 Å². The molecular formula is C19H25N3O2. The second-order valence-electron chi connectivity index (χ2n) is 6.14. The van der Waals surface area contributed by atoms with Crippen molar-refractivity contribution in [1.29, 1.82) is 0 Å². The van der Waals surface area contributed by atoms with Crippen molar-refractivity contribution in [1.82, 2.24) is 5.32 Å². The van der Waals surface area contributed by atoms with E-state index < -0.39 is 6.10 Å². The molecule has 0 aliphatic rings. The molecule has 5 nitrogen and oxygen atoms in total. The molecule has 0 aromatic heterocycles. The van der Waals surface area contributed by atoms with Crippen LogP contribution in [0.5, 0.6) is 0 Å². The molecule has 0 fully saturated rings. The number of anilines is 2. The third kappa shape index (κ3) is 4.73. The number of rotatable bonds is 5. The first-order valence-corrected chi connectivity index (χ1v) is 7.94. The maximum Gasteiger partial charge on any atom is 0.319 e. The van der Waals surface area contributed by atoms with E-state index in [1.807, 2.05) is 75.3 Å². The summed E-state index contributed by atoms with van der Waals surface area (Å²) in [7, 11) is 3.92. The Bertz CT molecular complexity index is 696. The van der Waals surface area contributed by atoms with E-state index in [1.165, 1.54) is 5.56 Å². The smallest absolute Gasteiger partial charge is 0.319 e. The first kappa shape index (κ1) is 17.8. The van der Waals surface area contributed by atoms with Gasteiger partial charge < -0.3 is 20.6 Å². The van der Waals surface area contributed by atoms with Crippen molar-refractivity contribution in [2.45, 2.75) is 20.0 Å². The van der Waals surface area contributed by atoms with E-state index in [2.05, 4.69) is 10.6 Å². The van der Waals surface area contributed by atoms with Gasteiger partial charge in [-0.15, -0.1) is 0 Å². The minimum atomic E-state index is -0.744. The minimum Gasteiger partial charge on any atom is -0.387 e. The summed E-state index contributed by atoms with van der Waals surface area (Å²) >= 11 is 0. The number of carbonyl (C=O) groups excluding carboxylic acids is 1. The predicted molar refractivity (Wildman–Crippen MR) is 98.7 cm³/mol. The zero-order valence-corrected chi connectivity index (χ0v) is 14.6. The number of nitrogens with zero attached hydrogens (tertiary/aromatic N) is 1.